The van der Waals surface area contributed by atoms with Crippen LogP contribution in [0.3, 0.4) is 0 Å². The predicted molar refractivity (Wildman–Crippen MR) is 73.6 cm³/mol. The Morgan fingerprint density at radius 3 is 2.35 bits per heavy atom. The van der Waals surface area contributed by atoms with E-state index >= 15 is 0 Å². The van der Waals surface area contributed by atoms with E-state index in [1.807, 2.05) is 30.3 Å². The van der Waals surface area contributed by atoms with Crippen LogP contribution in [0.15, 0.2) is 30.3 Å². The van der Waals surface area contributed by atoms with Crippen molar-refractivity contribution in [2.75, 3.05) is 0 Å². The van der Waals surface area contributed by atoms with Gasteiger partial charge in [0.25, 0.3) is 5.91 Å². The number of carbonyl (C=O) groups excluding carboxylic acids is 2. The maximum Gasteiger partial charge on any atom is 0.410 e. The van der Waals surface area contributed by atoms with Gasteiger partial charge in [-0.1, -0.05) is 30.3 Å². The highest BCUT2D eigenvalue weighted by Gasteiger charge is 2.23. The van der Waals surface area contributed by atoms with E-state index in [0.717, 1.165) is 5.56 Å². The molecule has 1 rings (SSSR count). The molecule has 6 heteroatoms. The van der Waals surface area contributed by atoms with E-state index < -0.39 is 23.8 Å². The number of rotatable bonds is 5. The highest BCUT2D eigenvalue weighted by Crippen LogP contribution is 2.07. The zero-order valence-electron chi connectivity index (χ0n) is 11.9. The van der Waals surface area contributed by atoms with Crippen LogP contribution in [0.1, 0.15) is 26.3 Å². The Hall–Kier alpha value is -2.08. The van der Waals surface area contributed by atoms with Crippen molar-refractivity contribution in [1.29, 1.82) is 0 Å². The van der Waals surface area contributed by atoms with Crippen LogP contribution < -0.4 is 11.1 Å². The molecule has 110 valence electrons. The summed E-state index contributed by atoms with van der Waals surface area (Å²) in [6.45, 7) is 5.31. The van der Waals surface area contributed by atoms with Gasteiger partial charge in [-0.2, -0.15) is 0 Å². The first-order valence-corrected chi connectivity index (χ1v) is 6.22. The molecule has 0 aliphatic heterocycles. The Kier molecular flexibility index (Phi) is 5.52. The molecule has 2 amide bonds. The van der Waals surface area contributed by atoms with Crippen LogP contribution in [-0.2, 0) is 20.9 Å². The summed E-state index contributed by atoms with van der Waals surface area (Å²) in [5.74, 6) is -0.785. The van der Waals surface area contributed by atoms with Gasteiger partial charge in [-0.15, -0.1) is 0 Å². The fraction of sp³-hybridized carbons (Fsp3) is 0.429. The molecule has 0 saturated carbocycles. The van der Waals surface area contributed by atoms with Crippen LogP contribution in [-0.4, -0.2) is 23.8 Å². The second-order valence-corrected chi connectivity index (χ2v) is 5.23. The Morgan fingerprint density at radius 1 is 1.25 bits per heavy atom. The quantitative estimate of drug-likeness (QED) is 0.800. The molecule has 1 unspecified atom stereocenters. The largest absolute Gasteiger partial charge is 0.444 e. The minimum Gasteiger partial charge on any atom is -0.444 e. The number of ether oxygens (including phenoxy) is 2. The molecule has 1 aromatic rings. The average molecular weight is 280 g/mol. The van der Waals surface area contributed by atoms with E-state index in [9.17, 15) is 9.59 Å². The second-order valence-electron chi connectivity index (χ2n) is 5.23. The molecule has 0 saturated heterocycles. The van der Waals surface area contributed by atoms with E-state index in [1.165, 1.54) is 0 Å². The van der Waals surface area contributed by atoms with E-state index in [2.05, 4.69) is 5.32 Å². The Labute approximate surface area is 118 Å². The van der Waals surface area contributed by atoms with Gasteiger partial charge >= 0.3 is 6.09 Å². The van der Waals surface area contributed by atoms with E-state index in [1.54, 1.807) is 20.8 Å². The fourth-order valence-corrected chi connectivity index (χ4v) is 1.36. The van der Waals surface area contributed by atoms with E-state index in [4.69, 9.17) is 15.2 Å². The molecular formula is C14H20N2O4. The molecule has 6 nitrogen and oxygen atoms in total. The summed E-state index contributed by atoms with van der Waals surface area (Å²) in [5.41, 5.74) is 5.38. The van der Waals surface area contributed by atoms with Crippen LogP contribution in [0.5, 0.6) is 0 Å². The van der Waals surface area contributed by atoms with Gasteiger partial charge in [-0.25, -0.2) is 4.79 Å². The number of nitrogens with two attached hydrogens (primary N) is 1. The van der Waals surface area contributed by atoms with Crippen LogP contribution >= 0.6 is 0 Å². The molecule has 0 aromatic heterocycles. The lowest BCUT2D eigenvalue weighted by Crippen LogP contribution is -2.47. The number of hydrogen-bond donors (Lipinski definition) is 2. The van der Waals surface area contributed by atoms with Gasteiger partial charge < -0.3 is 15.2 Å². The van der Waals surface area contributed by atoms with Crippen molar-refractivity contribution in [3.05, 3.63) is 35.9 Å². The first-order valence-electron chi connectivity index (χ1n) is 6.22. The van der Waals surface area contributed by atoms with Crippen molar-refractivity contribution in [2.24, 2.45) is 5.73 Å². The summed E-state index contributed by atoms with van der Waals surface area (Å²) in [4.78, 5) is 22.8. The Morgan fingerprint density at radius 2 is 1.85 bits per heavy atom. The molecule has 0 bridgehead atoms. The molecule has 0 heterocycles. The Balaban J connectivity index is 2.53. The summed E-state index contributed by atoms with van der Waals surface area (Å²) < 4.78 is 10.3. The van der Waals surface area contributed by atoms with Gasteiger partial charge in [-0.05, 0) is 26.3 Å². The van der Waals surface area contributed by atoms with E-state index in [-0.39, 0.29) is 6.61 Å². The van der Waals surface area contributed by atoms with Crippen LogP contribution in [0.4, 0.5) is 4.79 Å². The van der Waals surface area contributed by atoms with Gasteiger partial charge in [0.15, 0.2) is 0 Å². The topological polar surface area (TPSA) is 90.7 Å². The Bertz CT molecular complexity index is 454. The minimum absolute atomic E-state index is 0.157. The lowest BCUT2D eigenvalue weighted by atomic mass is 10.2. The molecular weight excluding hydrogens is 260 g/mol. The molecule has 0 spiro atoms. The standard InChI is InChI=1S/C14H20N2O4/c1-14(2,3)20-13(18)16-12(11(15)17)19-9-10-7-5-4-6-8-10/h4-8,12H,9H2,1-3H3,(H2,15,17)(H,16,18). The van der Waals surface area contributed by atoms with Crippen molar-refractivity contribution < 1.29 is 19.1 Å². The zero-order valence-corrected chi connectivity index (χ0v) is 11.9. The number of carbonyl (C=O) groups is 2. The number of nitrogens with one attached hydrogen (secondary N) is 1. The van der Waals surface area contributed by atoms with Crippen LogP contribution in [0.2, 0.25) is 0 Å². The average Bonchev–Trinajstić information content (AvgIpc) is 2.33. The first-order chi connectivity index (χ1) is 9.28. The summed E-state index contributed by atoms with van der Waals surface area (Å²) in [7, 11) is 0. The summed E-state index contributed by atoms with van der Waals surface area (Å²) >= 11 is 0. The number of hydrogen-bond acceptors (Lipinski definition) is 4. The van der Waals surface area contributed by atoms with Crippen molar-refractivity contribution in [1.82, 2.24) is 5.32 Å². The molecule has 20 heavy (non-hydrogen) atoms. The molecule has 0 radical (unpaired) electrons. The van der Waals surface area contributed by atoms with Crippen molar-refractivity contribution >= 4 is 12.0 Å². The lowest BCUT2D eigenvalue weighted by molar-refractivity contribution is -0.132. The third kappa shape index (κ3) is 6.19. The molecule has 3 N–H and O–H groups in total. The number of alkyl carbamates (subject to hydrolysis) is 1. The SMILES string of the molecule is CC(C)(C)OC(=O)NC(OCc1ccccc1)C(N)=O. The van der Waals surface area contributed by atoms with E-state index in [0.29, 0.717) is 0 Å². The lowest BCUT2D eigenvalue weighted by Gasteiger charge is -2.22. The monoisotopic (exact) mass is 280 g/mol. The molecule has 0 aliphatic rings. The van der Waals surface area contributed by atoms with Crippen LogP contribution in [0, 0.1) is 0 Å². The maximum absolute atomic E-state index is 11.6. The minimum atomic E-state index is -1.23. The molecule has 1 atom stereocenters. The second kappa shape index (κ2) is 6.91. The molecule has 0 fully saturated rings. The summed E-state index contributed by atoms with van der Waals surface area (Å²) in [6.07, 6.45) is -1.99. The normalized spacial score (nSPS) is 12.6. The van der Waals surface area contributed by atoms with Crippen molar-refractivity contribution in [3.8, 4) is 0 Å². The van der Waals surface area contributed by atoms with Gasteiger partial charge in [0.1, 0.15) is 5.60 Å². The number of amides is 2. The van der Waals surface area contributed by atoms with Gasteiger partial charge in [0, 0.05) is 0 Å². The molecule has 0 aliphatic carbocycles. The van der Waals surface area contributed by atoms with Gasteiger partial charge in [0.05, 0.1) is 6.61 Å². The number of benzene rings is 1. The highest BCUT2D eigenvalue weighted by atomic mass is 16.6. The number of primary amides is 1. The zero-order chi connectivity index (χ0) is 15.2. The third-order valence-corrected chi connectivity index (χ3v) is 2.17. The fourth-order valence-electron chi connectivity index (χ4n) is 1.36. The van der Waals surface area contributed by atoms with Crippen LogP contribution in [0.25, 0.3) is 0 Å². The maximum atomic E-state index is 11.6. The van der Waals surface area contributed by atoms with Gasteiger partial charge in [-0.3, -0.25) is 10.1 Å². The smallest absolute Gasteiger partial charge is 0.410 e. The predicted octanol–water partition coefficient (Wildman–Crippen LogP) is 1.54. The summed E-state index contributed by atoms with van der Waals surface area (Å²) in [6, 6.07) is 9.24. The highest BCUT2D eigenvalue weighted by molar-refractivity contribution is 5.82. The third-order valence-electron chi connectivity index (χ3n) is 2.17. The van der Waals surface area contributed by atoms with Crippen molar-refractivity contribution in [2.45, 2.75) is 39.2 Å². The van der Waals surface area contributed by atoms with Crippen molar-refractivity contribution in [3.63, 3.8) is 0 Å². The first kappa shape index (κ1) is 16.0. The van der Waals surface area contributed by atoms with Gasteiger partial charge in [0.2, 0.25) is 6.23 Å². The molecule has 1 aromatic carbocycles. The summed E-state index contributed by atoms with van der Waals surface area (Å²) in [5, 5.41) is 2.29.